The Labute approximate surface area is 244 Å². The van der Waals surface area contributed by atoms with E-state index in [9.17, 15) is 26.4 Å². The predicted octanol–water partition coefficient (Wildman–Crippen LogP) is 6.42. The standard InChI is InChI=1S/C27H25Cl2F3N2O4S2/c28-18-6-7-21(23(29)14-18)26-22-9-12-39-24(22)8-10-34(26)25(35)16-33(15-19-4-2-11-38-19)40(36,37)20-5-1-3-17(13-20)27(30,31)32/h1,3,5-7,9,12-14,19,26H,2,4,8,10-11,15-16H2. The first kappa shape index (κ1) is 29.3. The Hall–Kier alpha value is -2.15. The van der Waals surface area contributed by atoms with Crippen molar-refractivity contribution in [1.82, 2.24) is 9.21 Å². The van der Waals surface area contributed by atoms with Gasteiger partial charge < -0.3 is 9.64 Å². The Bertz CT molecular complexity index is 1510. The number of rotatable bonds is 7. The molecule has 2 aromatic carbocycles. The molecule has 40 heavy (non-hydrogen) atoms. The first-order valence-electron chi connectivity index (χ1n) is 12.5. The van der Waals surface area contributed by atoms with E-state index in [1.165, 1.54) is 0 Å². The molecule has 0 bridgehead atoms. The average Bonchev–Trinajstić information content (AvgIpc) is 3.60. The molecule has 3 heterocycles. The van der Waals surface area contributed by atoms with Crippen LogP contribution in [-0.2, 0) is 32.2 Å². The van der Waals surface area contributed by atoms with Crippen LogP contribution in [-0.4, -0.2) is 55.9 Å². The van der Waals surface area contributed by atoms with Crippen molar-refractivity contribution in [2.24, 2.45) is 0 Å². The Morgan fingerprint density at radius 2 is 1.93 bits per heavy atom. The van der Waals surface area contributed by atoms with Gasteiger partial charge >= 0.3 is 6.18 Å². The van der Waals surface area contributed by atoms with Crippen molar-refractivity contribution in [3.05, 3.63) is 85.5 Å². The van der Waals surface area contributed by atoms with Crippen LogP contribution in [0.5, 0.6) is 0 Å². The van der Waals surface area contributed by atoms with Crippen molar-refractivity contribution in [2.75, 3.05) is 26.2 Å². The van der Waals surface area contributed by atoms with Crippen molar-refractivity contribution >= 4 is 50.5 Å². The third kappa shape index (κ3) is 6.05. The molecule has 0 spiro atoms. The van der Waals surface area contributed by atoms with Gasteiger partial charge in [-0.2, -0.15) is 17.5 Å². The molecule has 2 aliphatic heterocycles. The van der Waals surface area contributed by atoms with Gasteiger partial charge in [0.2, 0.25) is 15.9 Å². The lowest BCUT2D eigenvalue weighted by molar-refractivity contribution is -0.138. The third-order valence-electron chi connectivity index (χ3n) is 7.09. The molecule has 214 valence electrons. The highest BCUT2D eigenvalue weighted by atomic mass is 35.5. The first-order chi connectivity index (χ1) is 18.9. The maximum absolute atomic E-state index is 13.9. The molecule has 2 unspecified atom stereocenters. The molecule has 0 saturated carbocycles. The molecule has 2 aliphatic rings. The van der Waals surface area contributed by atoms with Gasteiger partial charge in [0.05, 0.1) is 29.1 Å². The summed E-state index contributed by atoms with van der Waals surface area (Å²) in [6.45, 7) is 0.0292. The molecule has 1 fully saturated rings. The van der Waals surface area contributed by atoms with E-state index in [4.69, 9.17) is 27.9 Å². The van der Waals surface area contributed by atoms with Gasteiger partial charge in [-0.05, 0) is 72.2 Å². The van der Waals surface area contributed by atoms with Crippen LogP contribution in [0.4, 0.5) is 13.2 Å². The highest BCUT2D eigenvalue weighted by Crippen LogP contribution is 2.41. The summed E-state index contributed by atoms with van der Waals surface area (Å²) in [5.41, 5.74) is 0.445. The highest BCUT2D eigenvalue weighted by Gasteiger charge is 2.38. The van der Waals surface area contributed by atoms with Gasteiger partial charge in [0.15, 0.2) is 0 Å². The predicted molar refractivity (Wildman–Crippen MR) is 147 cm³/mol. The molecule has 1 aromatic heterocycles. The number of nitrogens with zero attached hydrogens (tertiary/aromatic N) is 2. The number of carbonyl (C=O) groups excluding carboxylic acids is 1. The minimum atomic E-state index is -4.72. The van der Waals surface area contributed by atoms with Crippen LogP contribution in [0, 0.1) is 0 Å². The number of hydrogen-bond donors (Lipinski definition) is 0. The molecule has 0 N–H and O–H groups in total. The van der Waals surface area contributed by atoms with E-state index in [-0.39, 0.29) is 6.54 Å². The molecule has 0 aliphatic carbocycles. The summed E-state index contributed by atoms with van der Waals surface area (Å²) in [4.78, 5) is 16.0. The maximum Gasteiger partial charge on any atom is 0.416 e. The Morgan fingerprint density at radius 1 is 1.12 bits per heavy atom. The van der Waals surface area contributed by atoms with Crippen molar-refractivity contribution in [3.8, 4) is 0 Å². The molecule has 5 rings (SSSR count). The second kappa shape index (κ2) is 11.6. The van der Waals surface area contributed by atoms with E-state index in [0.29, 0.717) is 47.7 Å². The fraction of sp³-hybridized carbons (Fsp3) is 0.370. The summed E-state index contributed by atoms with van der Waals surface area (Å²) < 4.78 is 74.2. The van der Waals surface area contributed by atoms with Crippen molar-refractivity contribution in [3.63, 3.8) is 0 Å². The summed E-state index contributed by atoms with van der Waals surface area (Å²) in [6.07, 6.45) is -3.32. The van der Waals surface area contributed by atoms with Gasteiger partial charge in [0, 0.05) is 34.6 Å². The molecule has 3 aromatic rings. The smallest absolute Gasteiger partial charge is 0.377 e. The third-order valence-corrected chi connectivity index (χ3v) is 10.5. The second-order valence-corrected chi connectivity index (χ2v) is 13.4. The SMILES string of the molecule is O=C(CN(CC1CCCO1)S(=O)(=O)c1cccc(C(F)(F)F)c1)N1CCc2sccc2C1c1ccc(Cl)cc1Cl. The molecule has 2 atom stereocenters. The fourth-order valence-corrected chi connectivity index (χ4v) is 8.01. The molecule has 13 heteroatoms. The van der Waals surface area contributed by atoms with E-state index in [1.807, 2.05) is 11.4 Å². The lowest BCUT2D eigenvalue weighted by Gasteiger charge is -2.38. The quantitative estimate of drug-likeness (QED) is 0.302. The first-order valence-corrected chi connectivity index (χ1v) is 15.6. The van der Waals surface area contributed by atoms with Gasteiger partial charge in [-0.1, -0.05) is 35.3 Å². The van der Waals surface area contributed by atoms with Gasteiger partial charge in [-0.15, -0.1) is 11.3 Å². The molecular formula is C27H25Cl2F3N2O4S2. The van der Waals surface area contributed by atoms with E-state index < -0.39 is 51.3 Å². The number of carbonyl (C=O) groups is 1. The Balaban J connectivity index is 1.50. The van der Waals surface area contributed by atoms with Crippen LogP contribution in [0.15, 0.2) is 58.8 Å². The lowest BCUT2D eigenvalue weighted by Crippen LogP contribution is -2.48. The number of hydrogen-bond acceptors (Lipinski definition) is 5. The van der Waals surface area contributed by atoms with Gasteiger partial charge in [0.1, 0.15) is 0 Å². The second-order valence-electron chi connectivity index (χ2n) is 9.66. The van der Waals surface area contributed by atoms with Crippen LogP contribution in [0.1, 0.15) is 40.5 Å². The Kier molecular flexibility index (Phi) is 8.52. The van der Waals surface area contributed by atoms with Crippen molar-refractivity contribution in [1.29, 1.82) is 0 Å². The Morgan fingerprint density at radius 3 is 2.62 bits per heavy atom. The number of benzene rings is 2. The van der Waals surface area contributed by atoms with Gasteiger partial charge in [-0.25, -0.2) is 8.42 Å². The summed E-state index contributed by atoms with van der Waals surface area (Å²) >= 11 is 14.2. The van der Waals surface area contributed by atoms with Crippen LogP contribution < -0.4 is 0 Å². The van der Waals surface area contributed by atoms with Crippen molar-refractivity contribution < 1.29 is 31.1 Å². The molecule has 1 amide bonds. The number of halogens is 5. The summed E-state index contributed by atoms with van der Waals surface area (Å²) in [7, 11) is -4.49. The lowest BCUT2D eigenvalue weighted by atomic mass is 9.93. The molecule has 0 radical (unpaired) electrons. The average molecular weight is 634 g/mol. The highest BCUT2D eigenvalue weighted by molar-refractivity contribution is 7.89. The topological polar surface area (TPSA) is 66.9 Å². The largest absolute Gasteiger partial charge is 0.416 e. The summed E-state index contributed by atoms with van der Waals surface area (Å²) in [6, 6.07) is 9.89. The normalized spacial score (nSPS) is 19.7. The van der Waals surface area contributed by atoms with Gasteiger partial charge in [0.25, 0.3) is 0 Å². The van der Waals surface area contributed by atoms with E-state index in [2.05, 4.69) is 0 Å². The minimum Gasteiger partial charge on any atom is -0.377 e. The van der Waals surface area contributed by atoms with E-state index in [1.54, 1.807) is 34.4 Å². The molecular weight excluding hydrogens is 608 g/mol. The number of fused-ring (bicyclic) bond motifs is 1. The fourth-order valence-electron chi connectivity index (χ4n) is 5.13. The minimum absolute atomic E-state index is 0.159. The zero-order valence-electron chi connectivity index (χ0n) is 21.0. The number of alkyl halides is 3. The summed E-state index contributed by atoms with van der Waals surface area (Å²) in [5.74, 6) is -0.499. The summed E-state index contributed by atoms with van der Waals surface area (Å²) in [5, 5.41) is 2.72. The van der Waals surface area contributed by atoms with E-state index in [0.717, 1.165) is 39.4 Å². The zero-order chi connectivity index (χ0) is 28.7. The maximum atomic E-state index is 13.9. The molecule has 6 nitrogen and oxygen atoms in total. The zero-order valence-corrected chi connectivity index (χ0v) is 24.2. The van der Waals surface area contributed by atoms with Crippen molar-refractivity contribution in [2.45, 2.75) is 42.5 Å². The van der Waals surface area contributed by atoms with E-state index >= 15 is 0 Å². The van der Waals surface area contributed by atoms with Crippen LogP contribution in [0.3, 0.4) is 0 Å². The number of sulfonamides is 1. The van der Waals surface area contributed by atoms with Gasteiger partial charge in [-0.3, -0.25) is 4.79 Å². The number of thiophene rings is 1. The van der Waals surface area contributed by atoms with Crippen LogP contribution >= 0.6 is 34.5 Å². The number of amides is 1. The number of ether oxygens (including phenoxy) is 1. The molecule has 1 saturated heterocycles. The van der Waals surface area contributed by atoms with Crippen LogP contribution in [0.2, 0.25) is 10.0 Å². The monoisotopic (exact) mass is 632 g/mol. The van der Waals surface area contributed by atoms with Crippen LogP contribution in [0.25, 0.3) is 0 Å².